The molecule has 8 bridgehead atoms. The first-order valence-electron chi connectivity index (χ1n) is 38.0. The molecule has 12 rings (SSSR count). The van der Waals surface area contributed by atoms with E-state index in [-0.39, 0.29) is 72.8 Å². The maximum Gasteiger partial charge on any atom is 0.152 e. The zero-order valence-corrected chi connectivity index (χ0v) is 68.4. The van der Waals surface area contributed by atoms with Crippen molar-refractivity contribution in [3.8, 4) is 0 Å². The van der Waals surface area contributed by atoms with E-state index in [1.54, 1.807) is 13.8 Å². The summed E-state index contributed by atoms with van der Waals surface area (Å²) in [5.74, 6) is -7.81. The van der Waals surface area contributed by atoms with Crippen molar-refractivity contribution in [3.63, 3.8) is 0 Å². The van der Waals surface area contributed by atoms with Gasteiger partial charge in [-0.15, -0.1) is 0 Å². The van der Waals surface area contributed by atoms with Crippen molar-refractivity contribution in [2.45, 2.75) is 281 Å². The van der Waals surface area contributed by atoms with Crippen LogP contribution >= 0.6 is 0 Å². The summed E-state index contributed by atoms with van der Waals surface area (Å²) < 4.78 is 107. The molecule has 1 heterocycles. The van der Waals surface area contributed by atoms with Crippen LogP contribution in [-0.4, -0.2) is 130 Å². The number of ether oxygens (including phenoxy) is 9. The summed E-state index contributed by atoms with van der Waals surface area (Å²) in [6.45, 7) is 39.3. The number of rotatable bonds is 32. The van der Waals surface area contributed by atoms with E-state index in [1.807, 2.05) is 13.8 Å². The number of carbonyl (C=O) groups is 4. The Balaban J connectivity index is 0.000000200. The number of ketones is 2. The van der Waals surface area contributed by atoms with Crippen molar-refractivity contribution in [3.05, 3.63) is 121 Å². The fraction of sp³-hybridized carbons (Fsp3) is 0.694. The van der Waals surface area contributed by atoms with Gasteiger partial charge in [-0.05, 0) is 188 Å². The smallest absolute Gasteiger partial charge is 0.152 e. The van der Waals surface area contributed by atoms with E-state index in [0.717, 1.165) is 108 Å². The van der Waals surface area contributed by atoms with Crippen molar-refractivity contribution in [1.29, 1.82) is 0 Å². The molecule has 584 valence electrons. The third-order valence-corrected chi connectivity index (χ3v) is 25.5. The molecule has 9 aliphatic rings. The van der Waals surface area contributed by atoms with Crippen LogP contribution in [0.1, 0.15) is 236 Å². The van der Waals surface area contributed by atoms with Crippen LogP contribution in [-0.2, 0) is 89.8 Å². The number of unbranched alkanes of at least 4 members (excludes halogenated alkanes) is 2. The zero-order valence-electron chi connectivity index (χ0n) is 65.3. The molecule has 8 saturated carbocycles. The summed E-state index contributed by atoms with van der Waals surface area (Å²) in [7, 11) is 0. The quantitative estimate of drug-likeness (QED) is 0.00853. The molecule has 0 amide bonds. The first-order chi connectivity index (χ1) is 48.6. The number of esters is 2. The molecule has 9 fully saturated rings. The molecular formula is C85H125F4IO13S. The number of benzene rings is 3. The van der Waals surface area contributed by atoms with Crippen LogP contribution in [0, 0.1) is 41.6 Å². The van der Waals surface area contributed by atoms with E-state index in [1.165, 1.54) is 53.3 Å². The Morgan fingerprint density at radius 3 is 1.14 bits per heavy atom. The van der Waals surface area contributed by atoms with E-state index >= 15 is 0 Å². The predicted octanol–water partition coefficient (Wildman–Crippen LogP) is 15.4. The molecule has 13 nitrogen and oxygen atoms in total. The summed E-state index contributed by atoms with van der Waals surface area (Å²) in [5, 5.41) is 0.796. The number of hydrogen-bond donors (Lipinski definition) is 0. The van der Waals surface area contributed by atoms with Gasteiger partial charge in [0, 0.05) is 62.8 Å². The number of alkyl halides is 4. The maximum absolute atomic E-state index is 13.3. The van der Waals surface area contributed by atoms with Crippen molar-refractivity contribution in [1.82, 2.24) is 0 Å². The average molecular weight is 1590 g/mol. The van der Waals surface area contributed by atoms with Gasteiger partial charge in [0.1, 0.15) is 18.5 Å². The monoisotopic (exact) mass is 1590 g/mol. The number of carbonyl (C=O) groups excluding carboxylic acids is 4. The predicted molar refractivity (Wildman–Crippen MR) is 399 cm³/mol. The second-order valence-corrected chi connectivity index (χ2v) is 39.1. The molecule has 0 N–H and O–H groups in total. The Hall–Kier alpha value is -4.06. The summed E-state index contributed by atoms with van der Waals surface area (Å²) in [6, 6.07) is 27.5. The molecule has 19 heteroatoms. The van der Waals surface area contributed by atoms with Gasteiger partial charge in [-0.25, -0.2) is 9.59 Å². The summed E-state index contributed by atoms with van der Waals surface area (Å²) in [4.78, 5) is 47.6. The molecule has 8 aliphatic carbocycles. The van der Waals surface area contributed by atoms with Gasteiger partial charge in [0.15, 0.2) is 17.5 Å². The Kier molecular flexibility index (Phi) is 31.9. The molecule has 104 heavy (non-hydrogen) atoms. The van der Waals surface area contributed by atoms with Crippen LogP contribution in [0.5, 0.6) is 0 Å². The Morgan fingerprint density at radius 1 is 0.500 bits per heavy atom. The molecule has 6 atom stereocenters. The molecular weight excluding hydrogens is 1460 g/mol. The zero-order chi connectivity index (χ0) is 76.5. The maximum atomic E-state index is 13.3. The Labute approximate surface area is 634 Å². The van der Waals surface area contributed by atoms with Gasteiger partial charge in [-0.3, -0.25) is 9.59 Å². The van der Waals surface area contributed by atoms with E-state index < -0.39 is 47.8 Å². The molecule has 1 saturated heterocycles. The third-order valence-electron chi connectivity index (χ3n) is 21.3. The van der Waals surface area contributed by atoms with Gasteiger partial charge in [0.2, 0.25) is 11.6 Å². The molecule has 0 aromatic heterocycles. The van der Waals surface area contributed by atoms with Crippen LogP contribution in [0.3, 0.4) is 0 Å². The van der Waals surface area contributed by atoms with E-state index in [2.05, 4.69) is 148 Å². The number of hydrogen-bond acceptors (Lipinski definition) is 13. The second kappa shape index (κ2) is 38.0. The van der Waals surface area contributed by atoms with Gasteiger partial charge in [0.25, 0.3) is 0 Å². The van der Waals surface area contributed by atoms with Gasteiger partial charge >= 0.3 is 164 Å². The third kappa shape index (κ3) is 27.8. The van der Waals surface area contributed by atoms with Gasteiger partial charge in [0.05, 0.1) is 50.8 Å². The largest absolute Gasteiger partial charge is 0.381 e. The van der Waals surface area contributed by atoms with Crippen molar-refractivity contribution in [2.75, 3.05) is 66.1 Å². The van der Waals surface area contributed by atoms with E-state index in [4.69, 9.17) is 42.6 Å². The minimum absolute atomic E-state index is 0.0454. The van der Waals surface area contributed by atoms with Crippen molar-refractivity contribution in [2.24, 2.45) is 34.5 Å². The van der Waals surface area contributed by atoms with Crippen LogP contribution in [0.2, 0.25) is 0 Å². The minimum atomic E-state index is -3.36. The Morgan fingerprint density at radius 2 is 0.827 bits per heavy atom. The summed E-state index contributed by atoms with van der Waals surface area (Å²) >= 11 is 1.41. The first-order valence-corrected chi connectivity index (χ1v) is 41.1. The Bertz CT molecular complexity index is 3040. The molecule has 6 unspecified atom stereocenters. The normalized spacial score (nSPS) is 25.5. The average Bonchev–Trinajstić information content (AvgIpc) is 0.731. The van der Waals surface area contributed by atoms with E-state index in [0.29, 0.717) is 101 Å². The fourth-order valence-electron chi connectivity index (χ4n) is 16.5. The van der Waals surface area contributed by atoms with Gasteiger partial charge < -0.3 is 42.6 Å². The van der Waals surface area contributed by atoms with Gasteiger partial charge in [-0.1, -0.05) is 46.1 Å². The SMILES string of the molecule is C=C(C)C(=O)OCCCCOC(C)OCC12CC3CC(C1)CC(OCC(=O)C(C)(F)F)(C3)C2.C=C(C)C(=O)OCCCCOC(C)OCC12CC3CC(C1)CC(OCC(=O)C(C)(F)F)(C3)C2.CC(C)(C)c1ccc([I-]c2ccc(C(C)(C)C)cc2)cc1.CC(C)(C)c1ccc([SH+]C2CCOCC2)cc1. The minimum Gasteiger partial charge on any atom is -0.381 e. The van der Waals surface area contributed by atoms with Crippen LogP contribution < -0.4 is 21.2 Å². The summed E-state index contributed by atoms with van der Waals surface area (Å²) in [6.07, 6.45) is 15.9. The molecule has 0 spiro atoms. The standard InChI is InChI=1S/2C25H38F2O6.C20H26I.C15H22OS/c2*1-17(2)22(29)31-8-6-5-7-30-18(3)32-16-24-10-19-9-20(11-24)13-25(12-19,15-24)33-14-21(28)23(4,26)27;1-19(2,3)15-7-11-17(12-8-15)21-18-13-9-16(10-14-18)20(4,5)6;1-15(2,3)12-4-6-13(7-5-12)17-14-8-10-16-11-9-14/h2*18-20H,1,5-16H2,2-4H3;7-14H,1-6H3;4-7,14H,8-11H2,1-3H3/q;;-1;/p+1. The first kappa shape index (κ1) is 87.2. The van der Waals surface area contributed by atoms with E-state index in [9.17, 15) is 36.7 Å². The number of Topliss-reactive ketones (excluding diaryl/α,β-unsaturated/α-hetero) is 2. The van der Waals surface area contributed by atoms with Crippen LogP contribution in [0.25, 0.3) is 0 Å². The number of halogens is 5. The molecule has 0 radical (unpaired) electrons. The fourth-order valence-corrected chi connectivity index (χ4v) is 19.9. The summed E-state index contributed by atoms with van der Waals surface area (Å²) in [5.41, 5.74) is 4.70. The van der Waals surface area contributed by atoms with Crippen LogP contribution in [0.15, 0.2) is 102 Å². The van der Waals surface area contributed by atoms with Crippen molar-refractivity contribution < 1.29 is 101 Å². The second-order valence-electron chi connectivity index (χ2n) is 34.6. The molecule has 3 aromatic rings. The van der Waals surface area contributed by atoms with Gasteiger partial charge in [-0.2, -0.15) is 17.6 Å². The topological polar surface area (TPSA) is 151 Å². The molecule has 3 aromatic carbocycles. The molecule has 1 aliphatic heterocycles. The van der Waals surface area contributed by atoms with Crippen LogP contribution in [0.4, 0.5) is 17.6 Å². The number of thiol groups is 1. The van der Waals surface area contributed by atoms with Crippen molar-refractivity contribution >= 4 is 35.3 Å².